The first kappa shape index (κ1) is 9.14. The Kier molecular flexibility index (Phi) is 1.82. The van der Waals surface area contributed by atoms with Crippen LogP contribution in [0, 0.1) is 0 Å². The highest BCUT2D eigenvalue weighted by molar-refractivity contribution is 5.41. The van der Waals surface area contributed by atoms with E-state index in [2.05, 4.69) is 15.1 Å². The standard InChI is InChI=1S/C10H12N6/c11-8-5-9(14-10(12)13-8)16-4-3-7(15-16)6-1-2-6/h3-6H,1-2H2,(H4,11,12,13,14). The lowest BCUT2D eigenvalue weighted by Crippen LogP contribution is -2.05. The van der Waals surface area contributed by atoms with Gasteiger partial charge >= 0.3 is 0 Å². The highest BCUT2D eigenvalue weighted by Gasteiger charge is 2.26. The van der Waals surface area contributed by atoms with E-state index >= 15 is 0 Å². The molecule has 0 atom stereocenters. The van der Waals surface area contributed by atoms with E-state index in [0.717, 1.165) is 5.69 Å². The van der Waals surface area contributed by atoms with Gasteiger partial charge in [0.25, 0.3) is 0 Å². The number of anilines is 2. The quantitative estimate of drug-likeness (QED) is 0.770. The van der Waals surface area contributed by atoms with Gasteiger partial charge in [-0.25, -0.2) is 4.68 Å². The van der Waals surface area contributed by atoms with E-state index in [-0.39, 0.29) is 5.95 Å². The average Bonchev–Trinajstić information content (AvgIpc) is 2.95. The first-order valence-corrected chi connectivity index (χ1v) is 5.18. The fourth-order valence-electron chi connectivity index (χ4n) is 1.65. The van der Waals surface area contributed by atoms with E-state index in [9.17, 15) is 0 Å². The maximum atomic E-state index is 5.60. The molecule has 0 spiro atoms. The van der Waals surface area contributed by atoms with Gasteiger partial charge in [-0.1, -0.05) is 0 Å². The summed E-state index contributed by atoms with van der Waals surface area (Å²) in [6, 6.07) is 3.66. The Morgan fingerprint density at radius 1 is 1.25 bits per heavy atom. The minimum absolute atomic E-state index is 0.165. The molecular weight excluding hydrogens is 204 g/mol. The Morgan fingerprint density at radius 2 is 2.06 bits per heavy atom. The van der Waals surface area contributed by atoms with Crippen LogP contribution in [0.4, 0.5) is 11.8 Å². The molecule has 6 heteroatoms. The molecule has 1 fully saturated rings. The lowest BCUT2D eigenvalue weighted by molar-refractivity contribution is 0.811. The summed E-state index contributed by atoms with van der Waals surface area (Å²) in [7, 11) is 0. The van der Waals surface area contributed by atoms with Gasteiger partial charge in [-0.3, -0.25) is 0 Å². The van der Waals surface area contributed by atoms with E-state index in [1.165, 1.54) is 12.8 Å². The van der Waals surface area contributed by atoms with Crippen LogP contribution >= 0.6 is 0 Å². The highest BCUT2D eigenvalue weighted by atomic mass is 15.3. The molecule has 2 heterocycles. The fraction of sp³-hybridized carbons (Fsp3) is 0.300. The van der Waals surface area contributed by atoms with Crippen LogP contribution in [0.1, 0.15) is 24.5 Å². The molecule has 4 N–H and O–H groups in total. The van der Waals surface area contributed by atoms with E-state index in [1.807, 2.05) is 12.3 Å². The van der Waals surface area contributed by atoms with E-state index in [1.54, 1.807) is 10.7 Å². The largest absolute Gasteiger partial charge is 0.383 e. The highest BCUT2D eigenvalue weighted by Crippen LogP contribution is 2.38. The molecule has 3 rings (SSSR count). The zero-order chi connectivity index (χ0) is 11.1. The minimum atomic E-state index is 0.165. The number of nitrogen functional groups attached to an aromatic ring is 2. The zero-order valence-corrected chi connectivity index (χ0v) is 8.67. The van der Waals surface area contributed by atoms with Crippen LogP contribution < -0.4 is 11.5 Å². The van der Waals surface area contributed by atoms with Gasteiger partial charge in [0.2, 0.25) is 5.95 Å². The van der Waals surface area contributed by atoms with Crippen molar-refractivity contribution in [3.8, 4) is 5.82 Å². The van der Waals surface area contributed by atoms with Gasteiger partial charge < -0.3 is 11.5 Å². The summed E-state index contributed by atoms with van der Waals surface area (Å²) in [5, 5.41) is 4.44. The van der Waals surface area contributed by atoms with Gasteiger partial charge in [0.05, 0.1) is 5.69 Å². The molecule has 1 aliphatic rings. The number of aromatic nitrogens is 4. The molecule has 16 heavy (non-hydrogen) atoms. The van der Waals surface area contributed by atoms with Crippen molar-refractivity contribution >= 4 is 11.8 Å². The Balaban J connectivity index is 2.00. The molecule has 0 aliphatic heterocycles. The van der Waals surface area contributed by atoms with E-state index < -0.39 is 0 Å². The van der Waals surface area contributed by atoms with Crippen LogP contribution in [-0.2, 0) is 0 Å². The van der Waals surface area contributed by atoms with E-state index in [0.29, 0.717) is 17.6 Å². The van der Waals surface area contributed by atoms with Crippen LogP contribution in [0.25, 0.3) is 5.82 Å². The first-order chi connectivity index (χ1) is 7.72. The van der Waals surface area contributed by atoms with Gasteiger partial charge in [0.15, 0.2) is 5.82 Å². The maximum absolute atomic E-state index is 5.60. The SMILES string of the molecule is Nc1cc(-n2ccc(C3CC3)n2)nc(N)n1. The predicted molar refractivity (Wildman–Crippen MR) is 60.0 cm³/mol. The van der Waals surface area contributed by atoms with Gasteiger partial charge in [0.1, 0.15) is 5.82 Å². The molecule has 2 aromatic rings. The third-order valence-electron chi connectivity index (χ3n) is 2.59. The van der Waals surface area contributed by atoms with Gasteiger partial charge in [0, 0.05) is 18.2 Å². The molecule has 0 bridgehead atoms. The minimum Gasteiger partial charge on any atom is -0.383 e. The summed E-state index contributed by atoms with van der Waals surface area (Å²) in [5.74, 6) is 1.75. The van der Waals surface area contributed by atoms with Crippen molar-refractivity contribution in [2.45, 2.75) is 18.8 Å². The Labute approximate surface area is 92.3 Å². The lowest BCUT2D eigenvalue weighted by Gasteiger charge is -2.02. The van der Waals surface area contributed by atoms with Crippen molar-refractivity contribution in [1.82, 2.24) is 19.7 Å². The Hall–Kier alpha value is -2.11. The van der Waals surface area contributed by atoms with E-state index in [4.69, 9.17) is 11.5 Å². The summed E-state index contributed by atoms with van der Waals surface area (Å²) in [4.78, 5) is 7.90. The predicted octanol–water partition coefficient (Wildman–Crippen LogP) is 0.704. The van der Waals surface area contributed by atoms with Crippen molar-refractivity contribution in [2.24, 2.45) is 0 Å². The van der Waals surface area contributed by atoms with Crippen molar-refractivity contribution in [1.29, 1.82) is 0 Å². The van der Waals surface area contributed by atoms with Crippen molar-refractivity contribution < 1.29 is 0 Å². The van der Waals surface area contributed by atoms with Crippen molar-refractivity contribution in [3.05, 3.63) is 24.0 Å². The Morgan fingerprint density at radius 3 is 2.75 bits per heavy atom. The van der Waals surface area contributed by atoms with Crippen LogP contribution in [0.2, 0.25) is 0 Å². The Bertz CT molecular complexity index is 508. The third kappa shape index (κ3) is 1.58. The van der Waals surface area contributed by atoms with Gasteiger partial charge in [-0.05, 0) is 18.9 Å². The van der Waals surface area contributed by atoms with Crippen molar-refractivity contribution in [2.75, 3.05) is 11.5 Å². The van der Waals surface area contributed by atoms with Crippen molar-refractivity contribution in [3.63, 3.8) is 0 Å². The van der Waals surface area contributed by atoms with Crippen LogP contribution in [0.5, 0.6) is 0 Å². The number of nitrogens with zero attached hydrogens (tertiary/aromatic N) is 4. The van der Waals surface area contributed by atoms with Crippen LogP contribution in [-0.4, -0.2) is 19.7 Å². The maximum Gasteiger partial charge on any atom is 0.224 e. The molecule has 0 saturated heterocycles. The molecule has 0 aromatic carbocycles. The van der Waals surface area contributed by atoms with Crippen LogP contribution in [0.15, 0.2) is 18.3 Å². The summed E-state index contributed by atoms with van der Waals surface area (Å²) < 4.78 is 1.68. The summed E-state index contributed by atoms with van der Waals surface area (Å²) in [5.41, 5.74) is 12.2. The lowest BCUT2D eigenvalue weighted by atomic mass is 10.3. The van der Waals surface area contributed by atoms with Gasteiger partial charge in [-0.2, -0.15) is 15.1 Å². The molecule has 1 aliphatic carbocycles. The third-order valence-corrected chi connectivity index (χ3v) is 2.59. The average molecular weight is 216 g/mol. The summed E-state index contributed by atoms with van der Waals surface area (Å²) in [6.07, 6.45) is 4.32. The second-order valence-electron chi connectivity index (χ2n) is 3.97. The molecule has 0 radical (unpaired) electrons. The molecule has 0 unspecified atom stereocenters. The number of hydrogen-bond acceptors (Lipinski definition) is 5. The molecule has 0 amide bonds. The zero-order valence-electron chi connectivity index (χ0n) is 8.67. The molecule has 82 valence electrons. The monoisotopic (exact) mass is 216 g/mol. The fourth-order valence-corrected chi connectivity index (χ4v) is 1.65. The number of rotatable bonds is 2. The molecular formula is C10H12N6. The van der Waals surface area contributed by atoms with Crippen LogP contribution in [0.3, 0.4) is 0 Å². The second-order valence-corrected chi connectivity index (χ2v) is 3.97. The number of nitrogens with two attached hydrogens (primary N) is 2. The second kappa shape index (κ2) is 3.19. The summed E-state index contributed by atoms with van der Waals surface area (Å²) in [6.45, 7) is 0. The number of hydrogen-bond donors (Lipinski definition) is 2. The topological polar surface area (TPSA) is 95.6 Å². The smallest absolute Gasteiger partial charge is 0.224 e. The molecule has 1 saturated carbocycles. The summed E-state index contributed by atoms with van der Waals surface area (Å²) >= 11 is 0. The molecule has 2 aromatic heterocycles. The normalized spacial score (nSPS) is 15.2. The first-order valence-electron chi connectivity index (χ1n) is 5.18. The molecule has 6 nitrogen and oxygen atoms in total. The van der Waals surface area contributed by atoms with Gasteiger partial charge in [-0.15, -0.1) is 0 Å².